The molecule has 2 amide bonds. The predicted molar refractivity (Wildman–Crippen MR) is 149 cm³/mol. The average Bonchev–Trinajstić information content (AvgIpc) is 2.90. The highest BCUT2D eigenvalue weighted by Crippen LogP contribution is 2.30. The fourth-order valence-corrected chi connectivity index (χ4v) is 4.99. The number of likely N-dealkylation sites (N-methyl/N-ethyl adjacent to an activating group) is 1. The lowest BCUT2D eigenvalue weighted by atomic mass is 9.93. The molecule has 2 heterocycles. The molecule has 1 aromatic carbocycles. The molecule has 0 bridgehead atoms. The number of benzene rings is 1. The molecule has 2 aliphatic rings. The Labute approximate surface area is 224 Å². The Kier molecular flexibility index (Phi) is 8.68. The molecule has 4 rings (SSSR count). The van der Waals surface area contributed by atoms with Crippen molar-refractivity contribution in [1.29, 1.82) is 0 Å². The summed E-state index contributed by atoms with van der Waals surface area (Å²) in [5.41, 5.74) is 8.46. The van der Waals surface area contributed by atoms with Crippen LogP contribution in [0.15, 0.2) is 18.2 Å². The number of primary amides is 1. The number of carbonyl (C=O) groups is 2. The predicted octanol–water partition coefficient (Wildman–Crippen LogP) is 2.05. The van der Waals surface area contributed by atoms with Crippen LogP contribution in [-0.4, -0.2) is 96.2 Å². The third-order valence-electron chi connectivity index (χ3n) is 7.31. The fraction of sp³-hybridized carbons (Fsp3) is 0.556. The number of aliphatic hydroxyl groups is 1. The smallest absolute Gasteiger partial charge is 0.271 e. The van der Waals surface area contributed by atoms with E-state index in [1.165, 1.54) is 0 Å². The van der Waals surface area contributed by atoms with Gasteiger partial charge in [-0.1, -0.05) is 6.92 Å². The summed E-state index contributed by atoms with van der Waals surface area (Å²) < 4.78 is 0. The summed E-state index contributed by atoms with van der Waals surface area (Å²) >= 11 is 0. The number of aliphatic hydroxyl groups excluding tert-OH is 1. The van der Waals surface area contributed by atoms with Crippen molar-refractivity contribution in [2.24, 2.45) is 5.73 Å². The molecule has 2 aromatic rings. The van der Waals surface area contributed by atoms with Gasteiger partial charge in [0.05, 0.1) is 17.4 Å². The molecule has 1 saturated heterocycles. The molecule has 11 heteroatoms. The number of nitrogens with one attached hydrogen (secondary N) is 2. The zero-order chi connectivity index (χ0) is 27.4. The summed E-state index contributed by atoms with van der Waals surface area (Å²) in [5.74, 6) is 0.0522. The standard InChI is InChI=1S/C27H40N8O3/c1-5-21-25(29-17-6-9-19(36)10-7-17)32-26(23(31-21)24(28)37)30-18-8-11-22(20(16-18)27(38)33(2)3)35-14-12-34(4)13-15-35/h8,11,16-17,19,36H,5-7,9-10,12-15H2,1-4H3,(H2,28,37)(H2,29,30,32)/t17-,19-. The van der Waals surface area contributed by atoms with Crippen molar-refractivity contribution in [3.63, 3.8) is 0 Å². The van der Waals surface area contributed by atoms with Crippen molar-refractivity contribution >= 4 is 34.8 Å². The van der Waals surface area contributed by atoms with Crippen molar-refractivity contribution in [2.45, 2.75) is 51.2 Å². The maximum Gasteiger partial charge on any atom is 0.271 e. The molecule has 5 N–H and O–H groups in total. The van der Waals surface area contributed by atoms with Crippen molar-refractivity contribution in [1.82, 2.24) is 19.8 Å². The van der Waals surface area contributed by atoms with Gasteiger partial charge in [-0.05, 0) is 57.4 Å². The van der Waals surface area contributed by atoms with Gasteiger partial charge in [0.2, 0.25) is 0 Å². The number of nitrogens with zero attached hydrogens (tertiary/aromatic N) is 5. The second-order valence-electron chi connectivity index (χ2n) is 10.4. The minimum atomic E-state index is -0.680. The van der Waals surface area contributed by atoms with Crippen LogP contribution in [0.25, 0.3) is 0 Å². The first kappa shape index (κ1) is 27.6. The molecule has 11 nitrogen and oxygen atoms in total. The molecule has 0 unspecified atom stereocenters. The van der Waals surface area contributed by atoms with Crippen LogP contribution in [0.2, 0.25) is 0 Å². The lowest BCUT2D eigenvalue weighted by Gasteiger charge is -2.35. The maximum absolute atomic E-state index is 13.2. The maximum atomic E-state index is 13.2. The molecule has 38 heavy (non-hydrogen) atoms. The number of piperazine rings is 1. The van der Waals surface area contributed by atoms with E-state index in [0.717, 1.165) is 57.5 Å². The number of hydrogen-bond acceptors (Lipinski definition) is 9. The van der Waals surface area contributed by atoms with E-state index in [2.05, 4.69) is 32.5 Å². The van der Waals surface area contributed by atoms with Gasteiger partial charge in [0.25, 0.3) is 11.8 Å². The Morgan fingerprint density at radius 1 is 1.08 bits per heavy atom. The third kappa shape index (κ3) is 6.33. The first-order chi connectivity index (χ1) is 18.2. The van der Waals surface area contributed by atoms with Crippen LogP contribution in [0, 0.1) is 0 Å². The Balaban J connectivity index is 1.67. The van der Waals surface area contributed by atoms with Crippen LogP contribution in [0.1, 0.15) is 59.1 Å². The Morgan fingerprint density at radius 3 is 2.37 bits per heavy atom. The summed E-state index contributed by atoms with van der Waals surface area (Å²) in [6.45, 7) is 5.47. The quantitative estimate of drug-likeness (QED) is 0.408. The van der Waals surface area contributed by atoms with Gasteiger partial charge in [0.15, 0.2) is 11.5 Å². The number of rotatable bonds is 8. The number of nitrogens with two attached hydrogens (primary N) is 1. The molecule has 0 radical (unpaired) electrons. The first-order valence-electron chi connectivity index (χ1n) is 13.4. The van der Waals surface area contributed by atoms with Gasteiger partial charge in [-0.3, -0.25) is 9.59 Å². The molecule has 1 saturated carbocycles. The highest BCUT2D eigenvalue weighted by molar-refractivity contribution is 6.01. The number of anilines is 4. The molecule has 0 spiro atoms. The number of amides is 2. The molecule has 2 fully saturated rings. The lowest BCUT2D eigenvalue weighted by molar-refractivity contribution is 0.0827. The van der Waals surface area contributed by atoms with Crippen LogP contribution >= 0.6 is 0 Å². The minimum Gasteiger partial charge on any atom is -0.393 e. The van der Waals surface area contributed by atoms with Crippen LogP contribution in [0.3, 0.4) is 0 Å². The van der Waals surface area contributed by atoms with E-state index >= 15 is 0 Å². The van der Waals surface area contributed by atoms with Gasteiger partial charge < -0.3 is 36.2 Å². The normalized spacial score (nSPS) is 20.2. The summed E-state index contributed by atoms with van der Waals surface area (Å²) in [6.07, 6.45) is 3.45. The van der Waals surface area contributed by atoms with E-state index in [4.69, 9.17) is 10.7 Å². The fourth-order valence-electron chi connectivity index (χ4n) is 4.99. The van der Waals surface area contributed by atoms with E-state index in [-0.39, 0.29) is 29.6 Å². The average molecular weight is 525 g/mol. The SMILES string of the molecule is CCc1nc(C(N)=O)c(Nc2ccc(N3CCN(C)CC3)c(C(=O)N(C)C)c2)nc1N[C@H]1CC[C@H](O)CC1. The van der Waals surface area contributed by atoms with Gasteiger partial charge in [0.1, 0.15) is 5.82 Å². The van der Waals surface area contributed by atoms with Crippen LogP contribution < -0.4 is 21.3 Å². The summed E-state index contributed by atoms with van der Waals surface area (Å²) in [5, 5.41) is 16.5. The molecular weight excluding hydrogens is 484 g/mol. The molecule has 1 aliphatic carbocycles. The molecule has 206 valence electrons. The van der Waals surface area contributed by atoms with Crippen LogP contribution in [0.5, 0.6) is 0 Å². The zero-order valence-corrected chi connectivity index (χ0v) is 22.8. The Hall–Kier alpha value is -3.44. The van der Waals surface area contributed by atoms with E-state index < -0.39 is 5.91 Å². The van der Waals surface area contributed by atoms with Crippen LogP contribution in [0.4, 0.5) is 23.0 Å². The minimum absolute atomic E-state index is 0.0510. The van der Waals surface area contributed by atoms with Gasteiger partial charge in [0, 0.05) is 57.7 Å². The zero-order valence-electron chi connectivity index (χ0n) is 22.8. The van der Waals surface area contributed by atoms with Crippen LogP contribution in [-0.2, 0) is 6.42 Å². The Morgan fingerprint density at radius 2 is 1.76 bits per heavy atom. The highest BCUT2D eigenvalue weighted by atomic mass is 16.3. The van der Waals surface area contributed by atoms with E-state index in [9.17, 15) is 14.7 Å². The third-order valence-corrected chi connectivity index (χ3v) is 7.31. The van der Waals surface area contributed by atoms with E-state index in [1.807, 2.05) is 19.1 Å². The van der Waals surface area contributed by atoms with Gasteiger partial charge in [-0.2, -0.15) is 0 Å². The van der Waals surface area contributed by atoms with Gasteiger partial charge >= 0.3 is 0 Å². The Bertz CT molecular complexity index is 1160. The van der Waals surface area contributed by atoms with E-state index in [0.29, 0.717) is 29.2 Å². The monoisotopic (exact) mass is 524 g/mol. The molecule has 1 aromatic heterocycles. The summed E-state index contributed by atoms with van der Waals surface area (Å²) in [7, 11) is 5.56. The molecule has 1 aliphatic heterocycles. The largest absolute Gasteiger partial charge is 0.393 e. The number of aryl methyl sites for hydroxylation is 1. The van der Waals surface area contributed by atoms with Crippen molar-refractivity contribution in [3.8, 4) is 0 Å². The lowest BCUT2D eigenvalue weighted by Crippen LogP contribution is -2.45. The number of hydrogen-bond donors (Lipinski definition) is 4. The van der Waals surface area contributed by atoms with Crippen molar-refractivity contribution in [2.75, 3.05) is 62.9 Å². The second-order valence-corrected chi connectivity index (χ2v) is 10.4. The highest BCUT2D eigenvalue weighted by Gasteiger charge is 2.25. The number of aromatic nitrogens is 2. The second kappa shape index (κ2) is 12.0. The first-order valence-corrected chi connectivity index (χ1v) is 13.4. The van der Waals surface area contributed by atoms with Crippen molar-refractivity contribution in [3.05, 3.63) is 35.2 Å². The summed E-state index contributed by atoms with van der Waals surface area (Å²) in [6, 6.07) is 5.79. The van der Waals surface area contributed by atoms with E-state index in [1.54, 1.807) is 25.1 Å². The summed E-state index contributed by atoms with van der Waals surface area (Å²) in [4.78, 5) is 40.9. The topological polar surface area (TPSA) is 140 Å². The van der Waals surface area contributed by atoms with Crippen molar-refractivity contribution < 1.29 is 14.7 Å². The van der Waals surface area contributed by atoms with Gasteiger partial charge in [-0.15, -0.1) is 0 Å². The number of carbonyl (C=O) groups excluding carboxylic acids is 2. The van der Waals surface area contributed by atoms with Gasteiger partial charge in [-0.25, -0.2) is 9.97 Å². The molecular formula is C27H40N8O3. The molecule has 0 atom stereocenters.